The highest BCUT2D eigenvalue weighted by Crippen LogP contribution is 2.25. The summed E-state index contributed by atoms with van der Waals surface area (Å²) in [6, 6.07) is 17.2. The minimum Gasteiger partial charge on any atom is -0.492 e. The molecule has 0 aliphatic heterocycles. The highest BCUT2D eigenvalue weighted by Gasteiger charge is 2.19. The maximum atomic E-state index is 12.4. The number of ether oxygens (including phenoxy) is 1. The summed E-state index contributed by atoms with van der Waals surface area (Å²) in [5.74, 6) is 0.665. The van der Waals surface area contributed by atoms with Gasteiger partial charge in [0.15, 0.2) is 0 Å². The maximum absolute atomic E-state index is 12.4. The van der Waals surface area contributed by atoms with Crippen molar-refractivity contribution in [2.75, 3.05) is 13.2 Å². The average molecular weight is 386 g/mol. The third kappa shape index (κ3) is 4.24. The molecule has 27 heavy (non-hydrogen) atoms. The van der Waals surface area contributed by atoms with Crippen molar-refractivity contribution < 1.29 is 18.1 Å². The molecule has 1 N–H and O–H groups in total. The van der Waals surface area contributed by atoms with E-state index in [2.05, 4.69) is 4.72 Å². The molecule has 0 unspecified atom stereocenters. The number of nitrogens with one attached hydrogen (secondary N) is 1. The molecule has 3 aromatic carbocycles. The molecule has 0 bridgehead atoms. The highest BCUT2D eigenvalue weighted by molar-refractivity contribution is 7.89. The Kier molecular flexibility index (Phi) is 5.38. The Balaban J connectivity index is 1.66. The van der Waals surface area contributed by atoms with Crippen LogP contribution in [-0.4, -0.2) is 26.5 Å². The SMILES string of the molecule is Cc1ccc(S(=O)(=O)NCCOc2cccc3ccccc23)cc1[N+](=O)[O-]. The van der Waals surface area contributed by atoms with Crippen molar-refractivity contribution in [1.29, 1.82) is 0 Å². The molecule has 0 aliphatic rings. The van der Waals surface area contributed by atoms with E-state index < -0.39 is 14.9 Å². The van der Waals surface area contributed by atoms with Crippen LogP contribution in [0.3, 0.4) is 0 Å². The molecule has 0 fully saturated rings. The Labute approximate surface area is 156 Å². The van der Waals surface area contributed by atoms with E-state index in [1.54, 1.807) is 6.92 Å². The van der Waals surface area contributed by atoms with Gasteiger partial charge in [-0.2, -0.15) is 0 Å². The molecule has 0 aromatic heterocycles. The zero-order valence-electron chi connectivity index (χ0n) is 14.6. The van der Waals surface area contributed by atoms with Gasteiger partial charge in [-0.25, -0.2) is 13.1 Å². The van der Waals surface area contributed by atoms with Crippen LogP contribution in [0.15, 0.2) is 65.6 Å². The summed E-state index contributed by atoms with van der Waals surface area (Å²) < 4.78 is 32.8. The van der Waals surface area contributed by atoms with Crippen LogP contribution in [0, 0.1) is 17.0 Å². The molecule has 140 valence electrons. The minimum absolute atomic E-state index is 0.0349. The first-order chi connectivity index (χ1) is 12.9. The second-order valence-electron chi connectivity index (χ2n) is 5.93. The molecule has 0 heterocycles. The van der Waals surface area contributed by atoms with Gasteiger partial charge in [-0.15, -0.1) is 0 Å². The molecule has 0 atom stereocenters. The molecular weight excluding hydrogens is 368 g/mol. The number of aryl methyl sites for hydroxylation is 1. The van der Waals surface area contributed by atoms with Gasteiger partial charge in [0.2, 0.25) is 10.0 Å². The van der Waals surface area contributed by atoms with Crippen LogP contribution in [0.25, 0.3) is 10.8 Å². The van der Waals surface area contributed by atoms with E-state index in [0.717, 1.165) is 16.8 Å². The minimum atomic E-state index is -3.86. The number of nitro benzene ring substituents is 1. The van der Waals surface area contributed by atoms with Crippen molar-refractivity contribution in [3.05, 3.63) is 76.3 Å². The molecule has 3 aromatic rings. The van der Waals surface area contributed by atoms with Crippen LogP contribution in [0.1, 0.15) is 5.56 Å². The molecule has 0 saturated heterocycles. The van der Waals surface area contributed by atoms with E-state index in [9.17, 15) is 18.5 Å². The molecular formula is C19H18N2O5S. The Hall–Kier alpha value is -2.97. The lowest BCUT2D eigenvalue weighted by atomic mass is 10.1. The first kappa shape index (κ1) is 18.8. The first-order valence-corrected chi connectivity index (χ1v) is 9.72. The summed E-state index contributed by atoms with van der Waals surface area (Å²) in [5, 5.41) is 13.0. The van der Waals surface area contributed by atoms with Crippen molar-refractivity contribution in [2.45, 2.75) is 11.8 Å². The Bertz CT molecular complexity index is 1090. The van der Waals surface area contributed by atoms with Crippen LogP contribution < -0.4 is 9.46 Å². The van der Waals surface area contributed by atoms with Gasteiger partial charge in [0, 0.05) is 23.6 Å². The zero-order chi connectivity index (χ0) is 19.4. The number of benzene rings is 3. The van der Waals surface area contributed by atoms with Crippen LogP contribution >= 0.6 is 0 Å². The van der Waals surface area contributed by atoms with Crippen LogP contribution in [0.2, 0.25) is 0 Å². The van der Waals surface area contributed by atoms with E-state index in [-0.39, 0.29) is 23.7 Å². The van der Waals surface area contributed by atoms with Crippen molar-refractivity contribution in [1.82, 2.24) is 4.72 Å². The summed E-state index contributed by atoms with van der Waals surface area (Å²) in [6.07, 6.45) is 0. The molecule has 8 heteroatoms. The molecule has 0 saturated carbocycles. The topological polar surface area (TPSA) is 98.5 Å². The lowest BCUT2D eigenvalue weighted by molar-refractivity contribution is -0.385. The van der Waals surface area contributed by atoms with Crippen molar-refractivity contribution >= 4 is 26.5 Å². The maximum Gasteiger partial charge on any atom is 0.273 e. The fourth-order valence-corrected chi connectivity index (χ4v) is 3.73. The van der Waals surface area contributed by atoms with E-state index in [0.29, 0.717) is 11.3 Å². The number of rotatable bonds is 7. The fourth-order valence-electron chi connectivity index (χ4n) is 2.69. The number of sulfonamides is 1. The summed E-state index contributed by atoms with van der Waals surface area (Å²) in [7, 11) is -3.86. The predicted molar refractivity (Wildman–Crippen MR) is 102 cm³/mol. The Morgan fingerprint density at radius 2 is 1.81 bits per heavy atom. The molecule has 0 amide bonds. The highest BCUT2D eigenvalue weighted by atomic mass is 32.2. The lowest BCUT2D eigenvalue weighted by Gasteiger charge is -2.11. The number of fused-ring (bicyclic) bond motifs is 1. The third-order valence-corrected chi connectivity index (χ3v) is 5.55. The third-order valence-electron chi connectivity index (χ3n) is 4.09. The van der Waals surface area contributed by atoms with E-state index >= 15 is 0 Å². The second kappa shape index (κ2) is 7.73. The second-order valence-corrected chi connectivity index (χ2v) is 7.70. The summed E-state index contributed by atoms with van der Waals surface area (Å²) in [4.78, 5) is 10.2. The van der Waals surface area contributed by atoms with Gasteiger partial charge in [-0.05, 0) is 24.4 Å². The zero-order valence-corrected chi connectivity index (χ0v) is 15.4. The fraction of sp³-hybridized carbons (Fsp3) is 0.158. The average Bonchev–Trinajstić information content (AvgIpc) is 2.65. The van der Waals surface area contributed by atoms with Gasteiger partial charge in [-0.3, -0.25) is 10.1 Å². The van der Waals surface area contributed by atoms with Gasteiger partial charge in [0.05, 0.1) is 9.82 Å². The number of hydrogen-bond acceptors (Lipinski definition) is 5. The number of nitrogens with zero attached hydrogens (tertiary/aromatic N) is 1. The number of hydrogen-bond donors (Lipinski definition) is 1. The molecule has 0 aliphatic carbocycles. The summed E-state index contributed by atoms with van der Waals surface area (Å²) in [5.41, 5.74) is 0.170. The van der Waals surface area contributed by atoms with Gasteiger partial charge < -0.3 is 4.74 Å². The predicted octanol–water partition coefficient (Wildman–Crippen LogP) is 3.41. The lowest BCUT2D eigenvalue weighted by Crippen LogP contribution is -2.28. The van der Waals surface area contributed by atoms with Crippen molar-refractivity contribution in [3.63, 3.8) is 0 Å². The smallest absolute Gasteiger partial charge is 0.273 e. The normalized spacial score (nSPS) is 11.4. The molecule has 0 spiro atoms. The van der Waals surface area contributed by atoms with Crippen LogP contribution in [0.5, 0.6) is 5.75 Å². The van der Waals surface area contributed by atoms with E-state index in [1.807, 2.05) is 42.5 Å². The van der Waals surface area contributed by atoms with Gasteiger partial charge >= 0.3 is 0 Å². The molecule has 7 nitrogen and oxygen atoms in total. The largest absolute Gasteiger partial charge is 0.492 e. The number of nitro groups is 1. The summed E-state index contributed by atoms with van der Waals surface area (Å²) >= 11 is 0. The molecule has 3 rings (SSSR count). The standard InChI is InChI=1S/C19H18N2O5S/c1-14-9-10-16(13-18(14)21(22)23)27(24,25)20-11-12-26-19-8-4-6-15-5-2-3-7-17(15)19/h2-10,13,20H,11-12H2,1H3. The van der Waals surface area contributed by atoms with E-state index in [1.165, 1.54) is 12.1 Å². The summed E-state index contributed by atoms with van der Waals surface area (Å²) in [6.45, 7) is 1.72. The Morgan fingerprint density at radius 3 is 2.59 bits per heavy atom. The van der Waals surface area contributed by atoms with Gasteiger partial charge in [0.1, 0.15) is 12.4 Å². The molecule has 0 radical (unpaired) electrons. The van der Waals surface area contributed by atoms with E-state index in [4.69, 9.17) is 4.74 Å². The Morgan fingerprint density at radius 1 is 1.07 bits per heavy atom. The van der Waals surface area contributed by atoms with Crippen molar-refractivity contribution in [3.8, 4) is 5.75 Å². The van der Waals surface area contributed by atoms with Gasteiger partial charge in [0.25, 0.3) is 5.69 Å². The quantitative estimate of drug-likeness (QED) is 0.381. The van der Waals surface area contributed by atoms with Crippen LogP contribution in [0.4, 0.5) is 5.69 Å². The van der Waals surface area contributed by atoms with Crippen molar-refractivity contribution in [2.24, 2.45) is 0 Å². The van der Waals surface area contributed by atoms with Crippen LogP contribution in [-0.2, 0) is 10.0 Å². The monoisotopic (exact) mass is 386 g/mol. The first-order valence-electron chi connectivity index (χ1n) is 8.24. The van der Waals surface area contributed by atoms with Gasteiger partial charge in [-0.1, -0.05) is 42.5 Å².